The van der Waals surface area contributed by atoms with Gasteiger partial charge in [-0.1, -0.05) is 48.0 Å². The second-order valence-electron chi connectivity index (χ2n) is 6.85. The van der Waals surface area contributed by atoms with E-state index in [4.69, 9.17) is 11.6 Å². The molecule has 0 bridgehead atoms. The number of nitrogens with zero attached hydrogens (tertiary/aromatic N) is 6. The van der Waals surface area contributed by atoms with Crippen LogP contribution in [0.5, 0.6) is 0 Å². The van der Waals surface area contributed by atoms with E-state index in [1.54, 1.807) is 0 Å². The maximum absolute atomic E-state index is 13.3. The summed E-state index contributed by atoms with van der Waals surface area (Å²) in [6.45, 7) is 4.85. The van der Waals surface area contributed by atoms with Crippen molar-refractivity contribution in [1.82, 2.24) is 25.1 Å². The van der Waals surface area contributed by atoms with Gasteiger partial charge >= 0.3 is 0 Å². The maximum Gasteiger partial charge on any atom is 0.252 e. The highest BCUT2D eigenvalue weighted by atomic mass is 35.5. The number of piperazine rings is 1. The van der Waals surface area contributed by atoms with Crippen LogP contribution in [0.4, 0.5) is 5.69 Å². The van der Waals surface area contributed by atoms with Crippen molar-refractivity contribution in [2.24, 2.45) is 0 Å². The lowest BCUT2D eigenvalue weighted by Gasteiger charge is -2.38. The molecule has 1 amide bonds. The molecule has 1 fully saturated rings. The minimum absolute atomic E-state index is 0.000894. The number of amides is 1. The number of aromatic nitrogens is 4. The molecule has 3 aromatic rings. The molecule has 0 unspecified atom stereocenters. The van der Waals surface area contributed by atoms with Gasteiger partial charge in [0, 0.05) is 36.9 Å². The molecule has 1 aliphatic heterocycles. The Hall–Kier alpha value is -2.93. The molecule has 1 atom stereocenters. The molecule has 0 aliphatic carbocycles. The van der Waals surface area contributed by atoms with Crippen molar-refractivity contribution in [3.8, 4) is 0 Å². The minimum atomic E-state index is -0.560. The van der Waals surface area contributed by atoms with E-state index in [1.165, 1.54) is 16.6 Å². The highest BCUT2D eigenvalue weighted by Crippen LogP contribution is 2.26. The van der Waals surface area contributed by atoms with Crippen LogP contribution in [0.15, 0.2) is 54.9 Å². The van der Waals surface area contributed by atoms with E-state index in [-0.39, 0.29) is 5.91 Å². The molecule has 144 valence electrons. The quantitative estimate of drug-likeness (QED) is 0.678. The Balaban J connectivity index is 1.51. The predicted octanol–water partition coefficient (Wildman–Crippen LogP) is 2.57. The van der Waals surface area contributed by atoms with Crippen LogP contribution >= 0.6 is 11.6 Å². The molecule has 2 aromatic carbocycles. The first-order valence-corrected chi connectivity index (χ1v) is 9.58. The van der Waals surface area contributed by atoms with Crippen LogP contribution in [0.3, 0.4) is 0 Å². The summed E-state index contributed by atoms with van der Waals surface area (Å²) in [5.74, 6) is 0.000894. The fourth-order valence-corrected chi connectivity index (χ4v) is 3.76. The van der Waals surface area contributed by atoms with Gasteiger partial charge in [0.1, 0.15) is 6.33 Å². The molecule has 0 N–H and O–H groups in total. The Bertz CT molecular complexity index is 939. The summed E-state index contributed by atoms with van der Waals surface area (Å²) >= 11 is 6.17. The summed E-state index contributed by atoms with van der Waals surface area (Å²) in [5.41, 5.74) is 3.17. The monoisotopic (exact) mass is 396 g/mol. The van der Waals surface area contributed by atoms with Gasteiger partial charge in [0.25, 0.3) is 5.91 Å². The largest absolute Gasteiger partial charge is 0.368 e. The first-order valence-electron chi connectivity index (χ1n) is 9.21. The van der Waals surface area contributed by atoms with Gasteiger partial charge < -0.3 is 9.80 Å². The van der Waals surface area contributed by atoms with Crippen LogP contribution in [0.1, 0.15) is 17.2 Å². The van der Waals surface area contributed by atoms with E-state index < -0.39 is 6.04 Å². The van der Waals surface area contributed by atoms with E-state index >= 15 is 0 Å². The SMILES string of the molecule is Cc1ccc(Cl)cc1N1CCN(C(=O)[C@@H](c2ccccc2)n2cnnn2)CC1. The maximum atomic E-state index is 13.3. The molecule has 1 saturated heterocycles. The smallest absolute Gasteiger partial charge is 0.252 e. The average molecular weight is 397 g/mol. The number of aryl methyl sites for hydroxylation is 1. The third kappa shape index (κ3) is 3.71. The summed E-state index contributed by atoms with van der Waals surface area (Å²) < 4.78 is 1.52. The summed E-state index contributed by atoms with van der Waals surface area (Å²) in [5, 5.41) is 12.1. The van der Waals surface area contributed by atoms with E-state index in [2.05, 4.69) is 27.3 Å². The van der Waals surface area contributed by atoms with Gasteiger partial charge in [-0.15, -0.1) is 5.10 Å². The molecule has 0 saturated carbocycles. The van der Waals surface area contributed by atoms with Gasteiger partial charge in [-0.3, -0.25) is 4.79 Å². The first-order chi connectivity index (χ1) is 13.6. The molecule has 0 radical (unpaired) electrons. The topological polar surface area (TPSA) is 67.2 Å². The van der Waals surface area contributed by atoms with Gasteiger partial charge in [-0.05, 0) is 40.6 Å². The Morgan fingerprint density at radius 2 is 1.82 bits per heavy atom. The second-order valence-corrected chi connectivity index (χ2v) is 7.28. The number of anilines is 1. The second kappa shape index (κ2) is 7.98. The Morgan fingerprint density at radius 1 is 1.07 bits per heavy atom. The van der Waals surface area contributed by atoms with Crippen molar-refractivity contribution in [2.75, 3.05) is 31.1 Å². The number of carbonyl (C=O) groups excluding carboxylic acids is 1. The third-order valence-electron chi connectivity index (χ3n) is 5.08. The number of rotatable bonds is 4. The third-order valence-corrected chi connectivity index (χ3v) is 5.32. The fraction of sp³-hybridized carbons (Fsp3) is 0.300. The fourth-order valence-electron chi connectivity index (χ4n) is 3.59. The van der Waals surface area contributed by atoms with Crippen molar-refractivity contribution in [2.45, 2.75) is 13.0 Å². The summed E-state index contributed by atoms with van der Waals surface area (Å²) in [6, 6.07) is 15.0. The van der Waals surface area contributed by atoms with Gasteiger partial charge in [-0.2, -0.15) is 0 Å². The van der Waals surface area contributed by atoms with Crippen LogP contribution in [0.2, 0.25) is 5.02 Å². The molecule has 0 spiro atoms. The summed E-state index contributed by atoms with van der Waals surface area (Å²) in [4.78, 5) is 17.5. The highest BCUT2D eigenvalue weighted by Gasteiger charge is 2.31. The zero-order valence-electron chi connectivity index (χ0n) is 15.6. The van der Waals surface area contributed by atoms with E-state index in [1.807, 2.05) is 53.4 Å². The number of hydrogen-bond donors (Lipinski definition) is 0. The normalized spacial score (nSPS) is 15.5. The zero-order valence-corrected chi connectivity index (χ0v) is 16.3. The van der Waals surface area contributed by atoms with Gasteiger partial charge in [-0.25, -0.2) is 4.68 Å². The number of hydrogen-bond acceptors (Lipinski definition) is 5. The standard InChI is InChI=1S/C20H21ClN6O/c1-15-7-8-17(21)13-18(15)25-9-11-26(12-10-25)20(28)19(27-14-22-23-24-27)16-5-3-2-4-6-16/h2-8,13-14,19H,9-12H2,1H3/t19-/m1/s1. The highest BCUT2D eigenvalue weighted by molar-refractivity contribution is 6.30. The van der Waals surface area contributed by atoms with Crippen molar-refractivity contribution in [3.05, 3.63) is 71.0 Å². The summed E-state index contributed by atoms with van der Waals surface area (Å²) in [6.07, 6.45) is 1.49. The zero-order chi connectivity index (χ0) is 19.5. The lowest BCUT2D eigenvalue weighted by molar-refractivity contribution is -0.134. The lowest BCUT2D eigenvalue weighted by atomic mass is 10.1. The Kier molecular flexibility index (Phi) is 5.25. The van der Waals surface area contributed by atoms with Gasteiger partial charge in [0.2, 0.25) is 0 Å². The number of benzene rings is 2. The van der Waals surface area contributed by atoms with E-state index in [0.717, 1.165) is 29.4 Å². The molecule has 4 rings (SSSR count). The molecular weight excluding hydrogens is 376 g/mol. The minimum Gasteiger partial charge on any atom is -0.368 e. The Morgan fingerprint density at radius 3 is 2.50 bits per heavy atom. The van der Waals surface area contributed by atoms with Gasteiger partial charge in [0.15, 0.2) is 6.04 Å². The molecule has 2 heterocycles. The van der Waals surface area contributed by atoms with Crippen LogP contribution in [-0.4, -0.2) is 57.2 Å². The molecule has 8 heteroatoms. The molecule has 28 heavy (non-hydrogen) atoms. The van der Waals surface area contributed by atoms with Gasteiger partial charge in [0.05, 0.1) is 0 Å². The number of tetrazole rings is 1. The number of carbonyl (C=O) groups is 1. The lowest BCUT2D eigenvalue weighted by Crippen LogP contribution is -2.51. The molecule has 1 aromatic heterocycles. The molecule has 7 nitrogen and oxygen atoms in total. The van der Waals surface area contributed by atoms with Crippen molar-refractivity contribution in [3.63, 3.8) is 0 Å². The average Bonchev–Trinajstić information content (AvgIpc) is 3.25. The molecule has 1 aliphatic rings. The van der Waals surface area contributed by atoms with Crippen LogP contribution < -0.4 is 4.90 Å². The van der Waals surface area contributed by atoms with Crippen LogP contribution in [0, 0.1) is 6.92 Å². The first kappa shape index (κ1) is 18.4. The van der Waals surface area contributed by atoms with E-state index in [9.17, 15) is 4.79 Å². The molecular formula is C20H21ClN6O. The van der Waals surface area contributed by atoms with Crippen LogP contribution in [0.25, 0.3) is 0 Å². The van der Waals surface area contributed by atoms with Crippen LogP contribution in [-0.2, 0) is 4.79 Å². The summed E-state index contributed by atoms with van der Waals surface area (Å²) in [7, 11) is 0. The number of halogens is 1. The van der Waals surface area contributed by atoms with E-state index in [0.29, 0.717) is 13.1 Å². The predicted molar refractivity (Wildman–Crippen MR) is 107 cm³/mol. The van der Waals surface area contributed by atoms with Crippen molar-refractivity contribution < 1.29 is 4.79 Å². The Labute approximate surface area is 168 Å². The van der Waals surface area contributed by atoms with Crippen molar-refractivity contribution >= 4 is 23.2 Å². The van der Waals surface area contributed by atoms with Crippen molar-refractivity contribution in [1.29, 1.82) is 0 Å².